The molecule has 7 rings (SSSR count). The van der Waals surface area contributed by atoms with E-state index in [0.29, 0.717) is 19.5 Å². The molecule has 41 heavy (non-hydrogen) atoms. The Morgan fingerprint density at radius 1 is 1.07 bits per heavy atom. The van der Waals surface area contributed by atoms with Crippen LogP contribution in [0.15, 0.2) is 48.8 Å². The number of nitrogens with zero attached hydrogens (tertiary/aromatic N) is 4. The molecule has 212 valence electrons. The lowest BCUT2D eigenvalue weighted by molar-refractivity contribution is -0.125. The van der Waals surface area contributed by atoms with Crippen molar-refractivity contribution in [1.29, 1.82) is 5.26 Å². The highest BCUT2D eigenvalue weighted by Gasteiger charge is 2.57. The third kappa shape index (κ3) is 4.89. The molecule has 3 heterocycles. The van der Waals surface area contributed by atoms with Crippen LogP contribution in [0, 0.1) is 22.7 Å². The molecule has 0 unspecified atom stereocenters. The van der Waals surface area contributed by atoms with E-state index in [4.69, 9.17) is 4.98 Å². The van der Waals surface area contributed by atoms with Crippen LogP contribution in [-0.4, -0.2) is 47.8 Å². The van der Waals surface area contributed by atoms with Gasteiger partial charge >= 0.3 is 0 Å². The Morgan fingerprint density at radius 2 is 1.85 bits per heavy atom. The number of sulfone groups is 1. The lowest BCUT2D eigenvalue weighted by atomic mass is 9.73. The van der Waals surface area contributed by atoms with Crippen LogP contribution in [0.4, 0.5) is 5.69 Å². The molecule has 0 bridgehead atoms. The van der Waals surface area contributed by atoms with Gasteiger partial charge in [-0.15, -0.1) is 11.3 Å². The summed E-state index contributed by atoms with van der Waals surface area (Å²) in [5.74, 6) is 0.359. The van der Waals surface area contributed by atoms with Crippen molar-refractivity contribution >= 4 is 32.6 Å². The van der Waals surface area contributed by atoms with Crippen molar-refractivity contribution in [1.82, 2.24) is 9.97 Å². The third-order valence-electron chi connectivity index (χ3n) is 9.77. The number of benzene rings is 1. The number of nitriles is 1. The minimum absolute atomic E-state index is 0.0316. The standard InChI is InChI=1S/C32H34N4O3S2/c33-20-31(11-12-31)18-27(37)25-5-1-2-6-26(25)28-29(40-30(35-28)23-4-3-15-34-19-23)22-7-9-24(10-8-22)36-16-17-41(38,39)32(21-36)13-14-32/h3-4,7-10,15,19,25-26H,1-2,5-6,11-14,16-18,21H2/t25-,26-/m1/s1. The minimum atomic E-state index is -3.00. The Morgan fingerprint density at radius 3 is 2.54 bits per heavy atom. The number of hydrogen-bond donors (Lipinski definition) is 0. The van der Waals surface area contributed by atoms with E-state index in [1.54, 1.807) is 17.5 Å². The number of Topliss-reactive ketones (excluding diaryl/α,β-unsaturated/α-hetero) is 1. The van der Waals surface area contributed by atoms with Gasteiger partial charge in [0.05, 0.1) is 32.6 Å². The fourth-order valence-electron chi connectivity index (χ4n) is 6.81. The second kappa shape index (κ2) is 10.0. The molecule has 3 saturated carbocycles. The first-order valence-electron chi connectivity index (χ1n) is 14.7. The van der Waals surface area contributed by atoms with Gasteiger partial charge in [-0.1, -0.05) is 25.0 Å². The Labute approximate surface area is 245 Å². The first kappa shape index (κ1) is 26.8. The Hall–Kier alpha value is -3.09. The molecule has 0 amide bonds. The maximum absolute atomic E-state index is 13.6. The predicted octanol–water partition coefficient (Wildman–Crippen LogP) is 6.18. The summed E-state index contributed by atoms with van der Waals surface area (Å²) < 4.78 is 24.6. The van der Waals surface area contributed by atoms with Crippen molar-refractivity contribution in [2.24, 2.45) is 11.3 Å². The molecule has 3 aliphatic carbocycles. The Bertz CT molecular complexity index is 1620. The predicted molar refractivity (Wildman–Crippen MR) is 160 cm³/mol. The van der Waals surface area contributed by atoms with Gasteiger partial charge in [-0.25, -0.2) is 13.4 Å². The molecule has 3 aromatic rings. The van der Waals surface area contributed by atoms with Crippen LogP contribution in [0.2, 0.25) is 0 Å². The molecule has 4 fully saturated rings. The molecule has 7 nitrogen and oxygen atoms in total. The van der Waals surface area contributed by atoms with E-state index in [9.17, 15) is 18.5 Å². The number of anilines is 1. The van der Waals surface area contributed by atoms with Crippen molar-refractivity contribution in [2.75, 3.05) is 23.7 Å². The van der Waals surface area contributed by atoms with E-state index in [0.717, 1.165) is 83.8 Å². The molecule has 1 aliphatic heterocycles. The van der Waals surface area contributed by atoms with E-state index in [-0.39, 0.29) is 23.4 Å². The van der Waals surface area contributed by atoms with Crippen LogP contribution in [0.25, 0.3) is 21.0 Å². The van der Waals surface area contributed by atoms with Crippen molar-refractivity contribution in [2.45, 2.75) is 68.5 Å². The third-order valence-corrected chi connectivity index (χ3v) is 13.5. The van der Waals surface area contributed by atoms with Crippen molar-refractivity contribution in [3.8, 4) is 27.1 Å². The Kier molecular flexibility index (Phi) is 6.55. The molecule has 2 aromatic heterocycles. The zero-order chi connectivity index (χ0) is 28.2. The second-order valence-electron chi connectivity index (χ2n) is 12.5. The van der Waals surface area contributed by atoms with Crippen LogP contribution in [0.3, 0.4) is 0 Å². The fraction of sp³-hybridized carbons (Fsp3) is 0.500. The summed E-state index contributed by atoms with van der Waals surface area (Å²) in [6.45, 7) is 1.10. The van der Waals surface area contributed by atoms with Crippen molar-refractivity contribution < 1.29 is 13.2 Å². The average Bonchev–Trinajstić information content (AvgIpc) is 3.92. The maximum Gasteiger partial charge on any atom is 0.159 e. The van der Waals surface area contributed by atoms with Gasteiger partial charge < -0.3 is 4.90 Å². The van der Waals surface area contributed by atoms with Gasteiger partial charge in [0.15, 0.2) is 9.84 Å². The monoisotopic (exact) mass is 586 g/mol. The number of hydrogen-bond acceptors (Lipinski definition) is 8. The number of thiazole rings is 1. The van der Waals surface area contributed by atoms with Gasteiger partial charge in [0, 0.05) is 55.0 Å². The number of carbonyl (C=O) groups excluding carboxylic acids is 1. The molecular weight excluding hydrogens is 553 g/mol. The van der Waals surface area contributed by atoms with E-state index in [1.807, 2.05) is 18.3 Å². The van der Waals surface area contributed by atoms with Gasteiger partial charge in [0.1, 0.15) is 10.8 Å². The lowest BCUT2D eigenvalue weighted by Gasteiger charge is -2.34. The number of pyridine rings is 1. The molecule has 2 atom stereocenters. The molecule has 1 saturated heterocycles. The first-order chi connectivity index (χ1) is 19.8. The van der Waals surface area contributed by atoms with Gasteiger partial charge in [-0.2, -0.15) is 5.26 Å². The van der Waals surface area contributed by atoms with E-state index in [2.05, 4.69) is 40.2 Å². The first-order valence-corrected chi connectivity index (χ1v) is 17.2. The zero-order valence-corrected chi connectivity index (χ0v) is 24.7. The van der Waals surface area contributed by atoms with Gasteiger partial charge in [0.2, 0.25) is 0 Å². The molecule has 0 radical (unpaired) electrons. The Balaban J connectivity index is 1.22. The molecule has 9 heteroatoms. The molecule has 0 N–H and O–H groups in total. The van der Waals surface area contributed by atoms with E-state index >= 15 is 0 Å². The van der Waals surface area contributed by atoms with Gasteiger partial charge in [-0.3, -0.25) is 9.78 Å². The smallest absolute Gasteiger partial charge is 0.159 e. The van der Waals surface area contributed by atoms with E-state index < -0.39 is 20.0 Å². The molecular formula is C32H34N4O3S2. The van der Waals surface area contributed by atoms with Crippen LogP contribution < -0.4 is 4.90 Å². The summed E-state index contributed by atoms with van der Waals surface area (Å²) in [6, 6.07) is 14.8. The number of ketones is 1. The fourth-order valence-corrected chi connectivity index (χ4v) is 9.92. The summed E-state index contributed by atoms with van der Waals surface area (Å²) in [7, 11) is -3.00. The highest BCUT2D eigenvalue weighted by Crippen LogP contribution is 2.52. The number of aromatic nitrogens is 2. The number of carbonyl (C=O) groups is 1. The maximum atomic E-state index is 13.6. The summed E-state index contributed by atoms with van der Waals surface area (Å²) in [4.78, 5) is 26.4. The van der Waals surface area contributed by atoms with Crippen molar-refractivity contribution in [3.63, 3.8) is 0 Å². The summed E-state index contributed by atoms with van der Waals surface area (Å²) >= 11 is 1.65. The normalized spacial score (nSPS) is 25.4. The van der Waals surface area contributed by atoms with Crippen LogP contribution in [-0.2, 0) is 14.6 Å². The quantitative estimate of drug-likeness (QED) is 0.326. The van der Waals surface area contributed by atoms with Crippen LogP contribution >= 0.6 is 11.3 Å². The second-order valence-corrected chi connectivity index (χ2v) is 16.0. The number of rotatable bonds is 7. The summed E-state index contributed by atoms with van der Waals surface area (Å²) in [5.41, 5.74) is 3.63. The van der Waals surface area contributed by atoms with Crippen LogP contribution in [0.5, 0.6) is 0 Å². The highest BCUT2D eigenvalue weighted by molar-refractivity contribution is 7.93. The highest BCUT2D eigenvalue weighted by atomic mass is 32.2. The van der Waals surface area contributed by atoms with Gasteiger partial charge in [-0.05, 0) is 68.4 Å². The van der Waals surface area contributed by atoms with Gasteiger partial charge in [0.25, 0.3) is 0 Å². The summed E-state index contributed by atoms with van der Waals surface area (Å²) in [6.07, 6.45) is 11.0. The lowest BCUT2D eigenvalue weighted by Crippen LogP contribution is -2.48. The largest absolute Gasteiger partial charge is 0.369 e. The zero-order valence-electron chi connectivity index (χ0n) is 23.1. The van der Waals surface area contributed by atoms with E-state index in [1.165, 1.54) is 0 Å². The molecule has 1 aromatic carbocycles. The topological polar surface area (TPSA) is 104 Å². The minimum Gasteiger partial charge on any atom is -0.369 e. The average molecular weight is 587 g/mol. The SMILES string of the molecule is N#CC1(CC(=O)[C@@H]2CCCC[C@H]2c2nc(-c3cccnc3)sc2-c2ccc(N3CCS(=O)(=O)C4(CC4)C3)cc2)CC1. The molecule has 4 aliphatic rings. The van der Waals surface area contributed by atoms with Crippen molar-refractivity contribution in [3.05, 3.63) is 54.5 Å². The van der Waals surface area contributed by atoms with Crippen LogP contribution in [0.1, 0.15) is 69.4 Å². The molecule has 1 spiro atoms. The summed E-state index contributed by atoms with van der Waals surface area (Å²) in [5, 5.41) is 10.5.